The van der Waals surface area contributed by atoms with Crippen molar-refractivity contribution in [2.75, 3.05) is 45.3 Å². The fraction of sp³-hybridized carbons (Fsp3) is 0.333. The predicted molar refractivity (Wildman–Crippen MR) is 106 cm³/mol. The summed E-state index contributed by atoms with van der Waals surface area (Å²) >= 11 is 0. The summed E-state index contributed by atoms with van der Waals surface area (Å²) in [5, 5.41) is 4.09. The van der Waals surface area contributed by atoms with E-state index in [1.807, 2.05) is 18.2 Å². The van der Waals surface area contributed by atoms with Gasteiger partial charge in [0.05, 0.1) is 26.4 Å². The lowest BCUT2D eigenvalue weighted by Crippen LogP contribution is -2.41. The number of ether oxygens (including phenoxy) is 2. The number of hydrogen-bond acceptors (Lipinski definition) is 6. The van der Waals surface area contributed by atoms with Crippen LogP contribution in [0.3, 0.4) is 0 Å². The molecule has 0 amide bonds. The molecule has 1 aliphatic heterocycles. The van der Waals surface area contributed by atoms with E-state index in [-0.39, 0.29) is 11.9 Å². The highest BCUT2D eigenvalue weighted by Gasteiger charge is 2.23. The van der Waals surface area contributed by atoms with Crippen LogP contribution in [-0.2, 0) is 4.74 Å². The molecule has 1 N–H and O–H groups in total. The zero-order chi connectivity index (χ0) is 19.3. The van der Waals surface area contributed by atoms with E-state index in [0.717, 1.165) is 18.8 Å². The fourth-order valence-corrected chi connectivity index (χ4v) is 3.56. The molecule has 1 saturated heterocycles. The first-order valence-corrected chi connectivity index (χ1v) is 9.35. The summed E-state index contributed by atoms with van der Waals surface area (Å²) in [6.45, 7) is 3.78. The fourth-order valence-electron chi connectivity index (χ4n) is 3.56. The second kappa shape index (κ2) is 8.50. The number of morpholine rings is 1. The Morgan fingerprint density at radius 2 is 1.93 bits per heavy atom. The molecule has 1 aromatic heterocycles. The largest absolute Gasteiger partial charge is 0.497 e. The van der Waals surface area contributed by atoms with Crippen LogP contribution in [0.25, 0.3) is 10.9 Å². The number of nitrogens with zero attached hydrogens (tertiary/aromatic N) is 3. The third kappa shape index (κ3) is 3.90. The minimum atomic E-state index is -0.345. The lowest BCUT2D eigenvalue weighted by Gasteiger charge is -2.35. The number of rotatable bonds is 6. The monoisotopic (exact) mass is 382 g/mol. The summed E-state index contributed by atoms with van der Waals surface area (Å²) in [4.78, 5) is 10.8. The highest BCUT2D eigenvalue weighted by Crippen LogP contribution is 2.26. The Kier molecular flexibility index (Phi) is 5.64. The number of halogens is 1. The first-order chi connectivity index (χ1) is 13.8. The van der Waals surface area contributed by atoms with E-state index in [1.54, 1.807) is 13.2 Å². The van der Waals surface area contributed by atoms with Crippen molar-refractivity contribution in [2.45, 2.75) is 6.04 Å². The van der Waals surface area contributed by atoms with Gasteiger partial charge in [-0.05, 0) is 29.8 Å². The lowest BCUT2D eigenvalue weighted by atomic mass is 10.0. The summed E-state index contributed by atoms with van der Waals surface area (Å²) in [7, 11) is 1.66. The number of fused-ring (bicyclic) bond motifs is 1. The van der Waals surface area contributed by atoms with Gasteiger partial charge in [0.2, 0.25) is 0 Å². The van der Waals surface area contributed by atoms with E-state index in [1.165, 1.54) is 18.0 Å². The molecule has 0 saturated carbocycles. The molecule has 2 aromatic carbocycles. The number of hydrogen-bond donors (Lipinski definition) is 1. The van der Waals surface area contributed by atoms with Gasteiger partial charge < -0.3 is 14.8 Å². The lowest BCUT2D eigenvalue weighted by molar-refractivity contribution is 0.0187. The minimum Gasteiger partial charge on any atom is -0.497 e. The van der Waals surface area contributed by atoms with E-state index < -0.39 is 0 Å². The van der Waals surface area contributed by atoms with E-state index >= 15 is 0 Å². The Hall–Kier alpha value is -2.77. The molecule has 0 spiro atoms. The Morgan fingerprint density at radius 3 is 2.68 bits per heavy atom. The van der Waals surface area contributed by atoms with Crippen LogP contribution in [0.4, 0.5) is 10.2 Å². The van der Waals surface area contributed by atoms with Crippen molar-refractivity contribution in [3.05, 3.63) is 60.2 Å². The van der Waals surface area contributed by atoms with Gasteiger partial charge in [-0.25, -0.2) is 14.4 Å². The van der Waals surface area contributed by atoms with Gasteiger partial charge in [0.25, 0.3) is 0 Å². The molecular formula is C21H23FN4O2. The van der Waals surface area contributed by atoms with Gasteiger partial charge in [-0.2, -0.15) is 0 Å². The second-order valence-electron chi connectivity index (χ2n) is 6.68. The van der Waals surface area contributed by atoms with Crippen LogP contribution in [0.1, 0.15) is 11.6 Å². The van der Waals surface area contributed by atoms with E-state index in [2.05, 4.69) is 32.3 Å². The summed E-state index contributed by atoms with van der Waals surface area (Å²) < 4.78 is 24.8. The smallest absolute Gasteiger partial charge is 0.149 e. The summed E-state index contributed by atoms with van der Waals surface area (Å²) in [5.41, 5.74) is 1.51. The van der Waals surface area contributed by atoms with E-state index in [4.69, 9.17) is 9.47 Å². The van der Waals surface area contributed by atoms with Crippen LogP contribution in [0.5, 0.6) is 5.75 Å². The zero-order valence-electron chi connectivity index (χ0n) is 15.8. The quantitative estimate of drug-likeness (QED) is 0.706. The number of nitrogens with one attached hydrogen (secondary N) is 1. The highest BCUT2D eigenvalue weighted by molar-refractivity contribution is 5.89. The maximum atomic E-state index is 14.0. The van der Waals surface area contributed by atoms with Crippen molar-refractivity contribution < 1.29 is 13.9 Å². The van der Waals surface area contributed by atoms with Crippen molar-refractivity contribution in [1.82, 2.24) is 14.9 Å². The molecule has 0 aliphatic carbocycles. The molecule has 1 fully saturated rings. The maximum Gasteiger partial charge on any atom is 0.149 e. The van der Waals surface area contributed by atoms with E-state index in [9.17, 15) is 4.39 Å². The Bertz CT molecular complexity index is 929. The van der Waals surface area contributed by atoms with Gasteiger partial charge in [0.1, 0.15) is 29.2 Å². The summed E-state index contributed by atoms with van der Waals surface area (Å²) in [6.07, 6.45) is 1.39. The van der Waals surface area contributed by atoms with Gasteiger partial charge in [0.15, 0.2) is 0 Å². The third-order valence-corrected chi connectivity index (χ3v) is 5.07. The van der Waals surface area contributed by atoms with Crippen LogP contribution in [-0.4, -0.2) is 54.8 Å². The molecule has 3 aromatic rings. The molecule has 4 rings (SSSR count). The number of aromatic nitrogens is 2. The van der Waals surface area contributed by atoms with Gasteiger partial charge in [-0.3, -0.25) is 4.90 Å². The number of methoxy groups -OCH3 is 1. The molecule has 1 atom stereocenters. The Morgan fingerprint density at radius 1 is 1.14 bits per heavy atom. The molecule has 0 bridgehead atoms. The summed E-state index contributed by atoms with van der Waals surface area (Å²) in [6, 6.07) is 13.2. The molecule has 1 unspecified atom stereocenters. The molecule has 28 heavy (non-hydrogen) atoms. The van der Waals surface area contributed by atoms with Crippen molar-refractivity contribution >= 4 is 16.7 Å². The van der Waals surface area contributed by atoms with E-state index in [0.29, 0.717) is 36.5 Å². The van der Waals surface area contributed by atoms with Gasteiger partial charge in [0, 0.05) is 25.0 Å². The predicted octanol–water partition coefficient (Wildman–Crippen LogP) is 3.26. The van der Waals surface area contributed by atoms with Crippen molar-refractivity contribution in [1.29, 1.82) is 0 Å². The van der Waals surface area contributed by atoms with Crippen molar-refractivity contribution in [3.8, 4) is 5.75 Å². The van der Waals surface area contributed by atoms with Crippen LogP contribution in [0.2, 0.25) is 0 Å². The van der Waals surface area contributed by atoms with Crippen LogP contribution >= 0.6 is 0 Å². The van der Waals surface area contributed by atoms with Gasteiger partial charge >= 0.3 is 0 Å². The summed E-state index contributed by atoms with van der Waals surface area (Å²) in [5.74, 6) is 1.12. The van der Waals surface area contributed by atoms with Gasteiger partial charge in [-0.1, -0.05) is 18.2 Å². The molecule has 1 aliphatic rings. The second-order valence-corrected chi connectivity index (χ2v) is 6.68. The zero-order valence-corrected chi connectivity index (χ0v) is 15.8. The number of para-hydroxylation sites is 1. The molecule has 2 heterocycles. The number of benzene rings is 2. The Balaban J connectivity index is 1.60. The molecule has 0 radical (unpaired) electrons. The molecule has 146 valence electrons. The van der Waals surface area contributed by atoms with Gasteiger partial charge in [-0.15, -0.1) is 0 Å². The molecule has 7 heteroatoms. The first kappa shape index (κ1) is 18.6. The Labute approximate surface area is 163 Å². The average molecular weight is 382 g/mol. The normalized spacial score (nSPS) is 16.1. The van der Waals surface area contributed by atoms with Crippen molar-refractivity contribution in [2.24, 2.45) is 0 Å². The number of anilines is 1. The van der Waals surface area contributed by atoms with Crippen molar-refractivity contribution in [3.63, 3.8) is 0 Å². The minimum absolute atomic E-state index is 0.133. The molecule has 6 nitrogen and oxygen atoms in total. The maximum absolute atomic E-state index is 14.0. The van der Waals surface area contributed by atoms with Crippen LogP contribution in [0.15, 0.2) is 48.8 Å². The third-order valence-electron chi connectivity index (χ3n) is 5.07. The average Bonchev–Trinajstić information content (AvgIpc) is 2.76. The topological polar surface area (TPSA) is 59.5 Å². The first-order valence-electron chi connectivity index (χ1n) is 9.35. The standard InChI is InChI=1S/C21H23FN4O2/c1-27-16-7-5-15(6-8-16)19(26-9-11-28-12-10-26)13-23-21-17-3-2-4-18(22)20(17)24-14-25-21/h2-8,14,19H,9-13H2,1H3,(H,23,24,25). The SMILES string of the molecule is COc1ccc(C(CNc2ncnc3c(F)cccc23)N2CCOCC2)cc1. The highest BCUT2D eigenvalue weighted by atomic mass is 19.1. The van der Waals surface area contributed by atoms with Crippen LogP contribution in [0, 0.1) is 5.82 Å². The molecular weight excluding hydrogens is 359 g/mol. The van der Waals surface area contributed by atoms with Crippen LogP contribution < -0.4 is 10.1 Å².